The fraction of sp³-hybridized carbons (Fsp3) is 0.296. The van der Waals surface area contributed by atoms with Crippen molar-refractivity contribution in [3.8, 4) is 5.75 Å². The van der Waals surface area contributed by atoms with Crippen LogP contribution in [0, 0.1) is 5.82 Å². The van der Waals surface area contributed by atoms with Crippen LogP contribution < -0.4 is 10.1 Å². The molecule has 0 saturated heterocycles. The molecular formula is C27H23ClFNO5. The quantitative estimate of drug-likeness (QED) is 0.581. The van der Waals surface area contributed by atoms with E-state index in [-0.39, 0.29) is 34.6 Å². The van der Waals surface area contributed by atoms with Gasteiger partial charge in [0.1, 0.15) is 23.1 Å². The average Bonchev–Trinajstić information content (AvgIpc) is 2.84. The number of carbonyl (C=O) groups is 3. The Balaban J connectivity index is 1.39. The van der Waals surface area contributed by atoms with Crippen molar-refractivity contribution in [2.24, 2.45) is 0 Å². The van der Waals surface area contributed by atoms with Crippen LogP contribution in [0.3, 0.4) is 0 Å². The molecule has 1 N–H and O–H groups in total. The number of rotatable bonds is 5. The number of hydrogen-bond donors (Lipinski definition) is 1. The maximum absolute atomic E-state index is 13.7. The molecular weight excluding hydrogens is 473 g/mol. The molecule has 1 aliphatic heterocycles. The summed E-state index contributed by atoms with van der Waals surface area (Å²) in [5, 5.41) is 2.69. The second-order valence-electron chi connectivity index (χ2n) is 8.77. The average molecular weight is 496 g/mol. The minimum absolute atomic E-state index is 0.0116. The summed E-state index contributed by atoms with van der Waals surface area (Å²) >= 11 is 6.49. The topological polar surface area (TPSA) is 81.7 Å². The number of halogens is 2. The zero-order valence-corrected chi connectivity index (χ0v) is 19.6. The Morgan fingerprint density at radius 1 is 1.00 bits per heavy atom. The van der Waals surface area contributed by atoms with Gasteiger partial charge in [0, 0.05) is 42.7 Å². The van der Waals surface area contributed by atoms with Crippen LogP contribution in [-0.4, -0.2) is 24.1 Å². The van der Waals surface area contributed by atoms with E-state index in [1.165, 1.54) is 18.2 Å². The van der Waals surface area contributed by atoms with E-state index in [4.69, 9.17) is 21.1 Å². The maximum atomic E-state index is 13.7. The Labute approximate surface area is 206 Å². The van der Waals surface area contributed by atoms with Gasteiger partial charge in [0.15, 0.2) is 18.2 Å². The predicted molar refractivity (Wildman–Crippen MR) is 128 cm³/mol. The van der Waals surface area contributed by atoms with Crippen LogP contribution in [-0.2, 0) is 19.1 Å². The molecule has 0 spiro atoms. The van der Waals surface area contributed by atoms with E-state index in [1.54, 1.807) is 24.3 Å². The fourth-order valence-electron chi connectivity index (χ4n) is 4.86. The first kappa shape index (κ1) is 23.3. The Hall–Kier alpha value is -3.45. The van der Waals surface area contributed by atoms with Crippen molar-refractivity contribution >= 4 is 34.8 Å². The fourth-order valence-corrected chi connectivity index (χ4v) is 5.10. The lowest BCUT2D eigenvalue weighted by atomic mass is 9.73. The number of amides is 1. The molecule has 0 unspecified atom stereocenters. The molecule has 2 aromatic rings. The summed E-state index contributed by atoms with van der Waals surface area (Å²) < 4.78 is 25.4. The molecule has 0 aromatic heterocycles. The van der Waals surface area contributed by atoms with Crippen molar-refractivity contribution in [3.63, 3.8) is 0 Å². The first-order valence-corrected chi connectivity index (χ1v) is 12.0. The van der Waals surface area contributed by atoms with Crippen LogP contribution in [0.5, 0.6) is 5.75 Å². The van der Waals surface area contributed by atoms with Crippen molar-refractivity contribution in [2.45, 2.75) is 44.4 Å². The van der Waals surface area contributed by atoms with Crippen molar-refractivity contribution in [2.75, 3.05) is 11.9 Å². The standard InChI is InChI=1S/C27H23ClFNO5/c28-16-13-15(11-12-21(16)34-14-24(33)30-18-6-2-1-5-17(18)29)25-26-19(31)7-3-9-22(26)35-23-10-4-8-20(32)27(23)25/h1-2,5-6,11-13,25H,3-4,7-10,14H2,(H,30,33). The summed E-state index contributed by atoms with van der Waals surface area (Å²) in [5.41, 5.74) is 1.84. The zero-order valence-electron chi connectivity index (χ0n) is 18.9. The highest BCUT2D eigenvalue weighted by Crippen LogP contribution is 2.48. The van der Waals surface area contributed by atoms with E-state index in [0.29, 0.717) is 53.9 Å². The molecule has 180 valence electrons. The van der Waals surface area contributed by atoms with E-state index in [0.717, 1.165) is 12.8 Å². The molecule has 0 bridgehead atoms. The van der Waals surface area contributed by atoms with Gasteiger partial charge in [-0.25, -0.2) is 4.39 Å². The number of carbonyl (C=O) groups excluding carboxylic acids is 3. The summed E-state index contributed by atoms with van der Waals surface area (Å²) in [7, 11) is 0. The van der Waals surface area contributed by atoms with Gasteiger partial charge in [-0.2, -0.15) is 0 Å². The lowest BCUT2D eigenvalue weighted by molar-refractivity contribution is -0.119. The number of hydrogen-bond acceptors (Lipinski definition) is 5. The van der Waals surface area contributed by atoms with E-state index in [2.05, 4.69) is 5.32 Å². The molecule has 1 heterocycles. The Kier molecular flexibility index (Phi) is 6.43. The third kappa shape index (κ3) is 4.60. The number of para-hydroxylation sites is 1. The second kappa shape index (κ2) is 9.66. The van der Waals surface area contributed by atoms with Crippen LogP contribution in [0.15, 0.2) is 65.1 Å². The largest absolute Gasteiger partial charge is 0.482 e. The second-order valence-corrected chi connectivity index (χ2v) is 9.18. The van der Waals surface area contributed by atoms with Crippen LogP contribution >= 0.6 is 11.6 Å². The summed E-state index contributed by atoms with van der Waals surface area (Å²) in [5.74, 6) is -0.0574. The highest BCUT2D eigenvalue weighted by Gasteiger charge is 2.41. The summed E-state index contributed by atoms with van der Waals surface area (Å²) in [6.07, 6.45) is 3.61. The van der Waals surface area contributed by atoms with Crippen LogP contribution in [0.2, 0.25) is 5.02 Å². The molecule has 2 aromatic carbocycles. The molecule has 0 atom stereocenters. The summed E-state index contributed by atoms with van der Waals surface area (Å²) in [6, 6.07) is 10.9. The number of nitrogens with one attached hydrogen (secondary N) is 1. The molecule has 1 amide bonds. The highest BCUT2D eigenvalue weighted by molar-refractivity contribution is 6.32. The SMILES string of the molecule is O=C(COc1ccc(C2C3=C(CCCC3=O)OC3=C2C(=O)CCC3)cc1Cl)Nc1ccccc1F. The lowest BCUT2D eigenvalue weighted by Crippen LogP contribution is -2.30. The molecule has 0 saturated carbocycles. The number of benzene rings is 2. The highest BCUT2D eigenvalue weighted by atomic mass is 35.5. The first-order valence-electron chi connectivity index (χ1n) is 11.6. The van der Waals surface area contributed by atoms with Gasteiger partial charge in [-0.05, 0) is 42.7 Å². The molecule has 3 aliphatic rings. The van der Waals surface area contributed by atoms with Crippen LogP contribution in [0.25, 0.3) is 0 Å². The van der Waals surface area contributed by atoms with Gasteiger partial charge >= 0.3 is 0 Å². The molecule has 35 heavy (non-hydrogen) atoms. The minimum atomic E-state index is -0.545. The monoisotopic (exact) mass is 495 g/mol. The maximum Gasteiger partial charge on any atom is 0.262 e. The number of Topliss-reactive ketones (excluding diaryl/α,β-unsaturated/α-hetero) is 2. The van der Waals surface area contributed by atoms with Gasteiger partial charge in [-0.15, -0.1) is 0 Å². The molecule has 8 heteroatoms. The van der Waals surface area contributed by atoms with Gasteiger partial charge in [-0.1, -0.05) is 29.8 Å². The molecule has 5 rings (SSSR count). The Morgan fingerprint density at radius 3 is 2.29 bits per heavy atom. The number of anilines is 1. The molecule has 6 nitrogen and oxygen atoms in total. The van der Waals surface area contributed by atoms with Crippen molar-refractivity contribution in [3.05, 3.63) is 81.5 Å². The van der Waals surface area contributed by atoms with Gasteiger partial charge in [0.25, 0.3) is 5.91 Å². The van der Waals surface area contributed by atoms with Crippen molar-refractivity contribution in [1.82, 2.24) is 0 Å². The number of ketones is 2. The first-order chi connectivity index (χ1) is 16.9. The van der Waals surface area contributed by atoms with Gasteiger partial charge in [0.2, 0.25) is 0 Å². The Bertz CT molecular complexity index is 1260. The predicted octanol–water partition coefficient (Wildman–Crippen LogP) is 5.62. The lowest BCUT2D eigenvalue weighted by Gasteiger charge is -2.36. The summed E-state index contributed by atoms with van der Waals surface area (Å²) in [6.45, 7) is -0.369. The third-order valence-corrected chi connectivity index (χ3v) is 6.73. The van der Waals surface area contributed by atoms with Crippen molar-refractivity contribution in [1.29, 1.82) is 0 Å². The number of ether oxygens (including phenoxy) is 2. The molecule has 0 radical (unpaired) electrons. The normalized spacial score (nSPS) is 18.1. The van der Waals surface area contributed by atoms with Crippen molar-refractivity contribution < 1.29 is 28.2 Å². The van der Waals surface area contributed by atoms with E-state index in [9.17, 15) is 18.8 Å². The van der Waals surface area contributed by atoms with Gasteiger partial charge < -0.3 is 14.8 Å². The zero-order chi connectivity index (χ0) is 24.5. The Morgan fingerprint density at radius 2 is 1.66 bits per heavy atom. The summed E-state index contributed by atoms with van der Waals surface area (Å²) in [4.78, 5) is 38.0. The molecule has 0 fully saturated rings. The van der Waals surface area contributed by atoms with Gasteiger partial charge in [0.05, 0.1) is 10.7 Å². The van der Waals surface area contributed by atoms with E-state index < -0.39 is 17.6 Å². The van der Waals surface area contributed by atoms with Crippen LogP contribution in [0.1, 0.15) is 50.0 Å². The van der Waals surface area contributed by atoms with Crippen LogP contribution in [0.4, 0.5) is 10.1 Å². The third-order valence-electron chi connectivity index (χ3n) is 6.44. The molecule has 2 aliphatic carbocycles. The van der Waals surface area contributed by atoms with E-state index >= 15 is 0 Å². The minimum Gasteiger partial charge on any atom is -0.482 e. The van der Waals surface area contributed by atoms with E-state index in [1.807, 2.05) is 0 Å². The number of allylic oxidation sites excluding steroid dienone is 4. The van der Waals surface area contributed by atoms with Gasteiger partial charge in [-0.3, -0.25) is 14.4 Å². The smallest absolute Gasteiger partial charge is 0.262 e.